The van der Waals surface area contributed by atoms with Gasteiger partial charge in [-0.2, -0.15) is 0 Å². The maximum Gasteiger partial charge on any atom is 0.227 e. The lowest BCUT2D eigenvalue weighted by Crippen LogP contribution is -2.50. The summed E-state index contributed by atoms with van der Waals surface area (Å²) < 4.78 is 25.6. The van der Waals surface area contributed by atoms with E-state index in [0.717, 1.165) is 19.5 Å². The van der Waals surface area contributed by atoms with Crippen LogP contribution in [0.15, 0.2) is 0 Å². The number of hydrogen-bond donors (Lipinski definition) is 2. The minimum Gasteiger partial charge on any atom is -0.353 e. The lowest BCUT2D eigenvalue weighted by molar-refractivity contribution is -0.130. The number of carbonyl (C=O) groups is 1. The van der Waals surface area contributed by atoms with Crippen molar-refractivity contribution >= 4 is 28.3 Å². The molecule has 8 heteroatoms. The highest BCUT2D eigenvalue weighted by Gasteiger charge is 2.38. The lowest BCUT2D eigenvalue weighted by atomic mass is 9.88. The van der Waals surface area contributed by atoms with Gasteiger partial charge in [-0.1, -0.05) is 6.92 Å². The largest absolute Gasteiger partial charge is 0.353 e. The van der Waals surface area contributed by atoms with Crippen LogP contribution in [0.1, 0.15) is 39.5 Å². The van der Waals surface area contributed by atoms with Gasteiger partial charge < -0.3 is 10.6 Å². The highest BCUT2D eigenvalue weighted by atomic mass is 35.5. The molecule has 1 unspecified atom stereocenters. The highest BCUT2D eigenvalue weighted by Crippen LogP contribution is 2.25. The zero-order valence-electron chi connectivity index (χ0n) is 13.4. The van der Waals surface area contributed by atoms with Gasteiger partial charge in [0.15, 0.2) is 0 Å². The van der Waals surface area contributed by atoms with E-state index in [-0.39, 0.29) is 35.5 Å². The zero-order chi connectivity index (χ0) is 15.5. The van der Waals surface area contributed by atoms with Gasteiger partial charge in [0.1, 0.15) is 0 Å². The van der Waals surface area contributed by atoms with E-state index in [9.17, 15) is 13.2 Å². The van der Waals surface area contributed by atoms with E-state index in [4.69, 9.17) is 0 Å². The molecule has 0 aliphatic carbocycles. The molecule has 1 atom stereocenters. The van der Waals surface area contributed by atoms with Gasteiger partial charge in [0, 0.05) is 25.7 Å². The normalized spacial score (nSPS) is 27.4. The molecule has 2 heterocycles. The molecule has 2 saturated heterocycles. The van der Waals surface area contributed by atoms with Gasteiger partial charge in [-0.25, -0.2) is 12.7 Å². The molecule has 2 N–H and O–H groups in total. The molecule has 0 saturated carbocycles. The number of piperidine rings is 1. The van der Waals surface area contributed by atoms with Crippen LogP contribution in [0.4, 0.5) is 0 Å². The van der Waals surface area contributed by atoms with Crippen LogP contribution < -0.4 is 10.6 Å². The number of sulfonamides is 1. The van der Waals surface area contributed by atoms with E-state index in [0.29, 0.717) is 32.4 Å². The monoisotopic (exact) mass is 353 g/mol. The van der Waals surface area contributed by atoms with Crippen LogP contribution in [0.3, 0.4) is 0 Å². The minimum atomic E-state index is -3.10. The summed E-state index contributed by atoms with van der Waals surface area (Å²) in [6.45, 7) is 6.51. The van der Waals surface area contributed by atoms with Crippen LogP contribution in [0.2, 0.25) is 0 Å². The van der Waals surface area contributed by atoms with Gasteiger partial charge in [-0.05, 0) is 39.2 Å². The third-order valence-electron chi connectivity index (χ3n) is 4.56. The number of rotatable bonds is 5. The van der Waals surface area contributed by atoms with E-state index in [1.807, 2.05) is 13.8 Å². The van der Waals surface area contributed by atoms with Crippen molar-refractivity contribution < 1.29 is 13.2 Å². The standard InChI is InChI=1S/C14H27N3O3S.ClH/c1-3-10-21(19,20)17-8-4-12(5-9-17)16-13(18)14(2)6-7-15-11-14;/h12,15H,3-11H2,1-2H3,(H,16,18);1H. The Bertz CT molecular complexity index is 470. The molecule has 0 aromatic heterocycles. The lowest BCUT2D eigenvalue weighted by Gasteiger charge is -2.33. The van der Waals surface area contributed by atoms with Crippen molar-refractivity contribution in [1.29, 1.82) is 0 Å². The first-order valence-corrected chi connectivity index (χ1v) is 9.48. The summed E-state index contributed by atoms with van der Waals surface area (Å²) >= 11 is 0. The molecule has 2 fully saturated rings. The van der Waals surface area contributed by atoms with Gasteiger partial charge in [0.25, 0.3) is 0 Å². The molecule has 1 amide bonds. The summed E-state index contributed by atoms with van der Waals surface area (Å²) in [5.41, 5.74) is -0.314. The molecule has 0 aromatic carbocycles. The molecule has 2 rings (SSSR count). The molecule has 22 heavy (non-hydrogen) atoms. The Labute approximate surface area is 139 Å². The van der Waals surface area contributed by atoms with Gasteiger partial charge in [0.05, 0.1) is 11.2 Å². The summed E-state index contributed by atoms with van der Waals surface area (Å²) in [7, 11) is -3.10. The van der Waals surface area contributed by atoms with Gasteiger partial charge in [-0.3, -0.25) is 4.79 Å². The van der Waals surface area contributed by atoms with Crippen LogP contribution >= 0.6 is 12.4 Å². The zero-order valence-corrected chi connectivity index (χ0v) is 15.1. The van der Waals surface area contributed by atoms with Crippen LogP contribution in [0, 0.1) is 5.41 Å². The predicted molar refractivity (Wildman–Crippen MR) is 89.7 cm³/mol. The Morgan fingerprint density at radius 3 is 2.50 bits per heavy atom. The SMILES string of the molecule is CCCS(=O)(=O)N1CCC(NC(=O)C2(C)CCNC2)CC1.Cl. The Hall–Kier alpha value is -0.370. The summed E-state index contributed by atoms with van der Waals surface area (Å²) in [5.74, 6) is 0.315. The summed E-state index contributed by atoms with van der Waals surface area (Å²) in [5, 5.41) is 6.33. The second-order valence-electron chi connectivity index (χ2n) is 6.45. The first-order chi connectivity index (χ1) is 9.87. The summed E-state index contributed by atoms with van der Waals surface area (Å²) in [6, 6.07) is 0.100. The fourth-order valence-corrected chi connectivity index (χ4v) is 4.58. The van der Waals surface area contributed by atoms with Crippen molar-refractivity contribution in [1.82, 2.24) is 14.9 Å². The predicted octanol–water partition coefficient (Wildman–Crippen LogP) is 0.728. The molecule has 0 spiro atoms. The quantitative estimate of drug-likeness (QED) is 0.763. The van der Waals surface area contributed by atoms with Crippen molar-refractivity contribution in [2.24, 2.45) is 5.41 Å². The molecular formula is C14H28ClN3O3S. The number of nitrogens with zero attached hydrogens (tertiary/aromatic N) is 1. The average Bonchev–Trinajstić information content (AvgIpc) is 2.88. The second kappa shape index (κ2) is 7.95. The maximum absolute atomic E-state index is 12.3. The fraction of sp³-hybridized carbons (Fsp3) is 0.929. The molecular weight excluding hydrogens is 326 g/mol. The number of amides is 1. The second-order valence-corrected chi connectivity index (χ2v) is 8.54. The minimum absolute atomic E-state index is 0. The number of carbonyl (C=O) groups excluding carboxylic acids is 1. The van der Waals surface area contributed by atoms with Gasteiger partial charge in [0.2, 0.25) is 15.9 Å². The Morgan fingerprint density at radius 1 is 1.36 bits per heavy atom. The highest BCUT2D eigenvalue weighted by molar-refractivity contribution is 7.89. The van der Waals surface area contributed by atoms with Crippen molar-refractivity contribution in [3.8, 4) is 0 Å². The van der Waals surface area contributed by atoms with Crippen LogP contribution in [0.5, 0.6) is 0 Å². The molecule has 2 aliphatic heterocycles. The van der Waals surface area contributed by atoms with Crippen molar-refractivity contribution in [3.63, 3.8) is 0 Å². The van der Waals surface area contributed by atoms with E-state index < -0.39 is 10.0 Å². The first kappa shape index (κ1) is 19.7. The first-order valence-electron chi connectivity index (χ1n) is 7.87. The third-order valence-corrected chi connectivity index (χ3v) is 6.64. The van der Waals surface area contributed by atoms with Crippen molar-refractivity contribution in [2.75, 3.05) is 31.9 Å². The Balaban J connectivity index is 0.00000242. The Kier molecular flexibility index (Phi) is 7.11. The maximum atomic E-state index is 12.3. The van der Waals surface area contributed by atoms with Crippen LogP contribution in [-0.2, 0) is 14.8 Å². The van der Waals surface area contributed by atoms with Crippen LogP contribution in [-0.4, -0.2) is 56.6 Å². The molecule has 0 radical (unpaired) electrons. The fourth-order valence-electron chi connectivity index (χ4n) is 3.04. The Morgan fingerprint density at radius 2 is 2.00 bits per heavy atom. The smallest absolute Gasteiger partial charge is 0.227 e. The third kappa shape index (κ3) is 4.57. The van der Waals surface area contributed by atoms with Gasteiger partial charge in [-0.15, -0.1) is 12.4 Å². The number of hydrogen-bond acceptors (Lipinski definition) is 4. The topological polar surface area (TPSA) is 78.5 Å². The summed E-state index contributed by atoms with van der Waals surface area (Å²) in [4.78, 5) is 12.3. The average molecular weight is 354 g/mol. The summed E-state index contributed by atoms with van der Waals surface area (Å²) in [6.07, 6.45) is 2.92. The van der Waals surface area contributed by atoms with Crippen molar-refractivity contribution in [2.45, 2.75) is 45.6 Å². The van der Waals surface area contributed by atoms with E-state index >= 15 is 0 Å². The van der Waals surface area contributed by atoms with E-state index in [1.54, 1.807) is 4.31 Å². The number of halogens is 1. The van der Waals surface area contributed by atoms with E-state index in [2.05, 4.69) is 10.6 Å². The molecule has 6 nitrogen and oxygen atoms in total. The molecule has 0 bridgehead atoms. The van der Waals surface area contributed by atoms with Crippen LogP contribution in [0.25, 0.3) is 0 Å². The molecule has 130 valence electrons. The van der Waals surface area contributed by atoms with Crippen molar-refractivity contribution in [3.05, 3.63) is 0 Å². The number of nitrogens with one attached hydrogen (secondary N) is 2. The van der Waals surface area contributed by atoms with E-state index in [1.165, 1.54) is 0 Å². The molecule has 0 aromatic rings. The van der Waals surface area contributed by atoms with Gasteiger partial charge >= 0.3 is 0 Å². The molecule has 2 aliphatic rings.